The number of furan rings is 1. The van der Waals surface area contributed by atoms with Crippen molar-refractivity contribution in [2.24, 2.45) is 5.16 Å². The standard InChI is InChI=1S/C43H33N3O6S/c47-40(48)37(46-52-39(36-27-16-28-50-36)41(49)51-38(30-17-6-1-7-18-30)31-19-8-2-9-20-31)35-29-53-42(44-35)45-43(32-21-10-3-11-22-32,33-23-12-4-13-24-33)34-25-14-5-15-26-34/h1-29,38-39H,(H,44,45)(H,47,48)/b46-37-. The highest BCUT2D eigenvalue weighted by Crippen LogP contribution is 2.40. The maximum Gasteiger partial charge on any atom is 0.360 e. The molecule has 1 unspecified atom stereocenters. The van der Waals surface area contributed by atoms with E-state index in [9.17, 15) is 14.7 Å². The Morgan fingerprint density at radius 1 is 0.698 bits per heavy atom. The summed E-state index contributed by atoms with van der Waals surface area (Å²) in [6.45, 7) is 0. The second kappa shape index (κ2) is 16.1. The third-order valence-corrected chi connectivity index (χ3v) is 9.33. The molecule has 53 heavy (non-hydrogen) atoms. The second-order valence-corrected chi connectivity index (χ2v) is 12.8. The molecule has 0 fully saturated rings. The van der Waals surface area contributed by atoms with Crippen LogP contribution in [0, 0.1) is 0 Å². The molecule has 7 aromatic rings. The van der Waals surface area contributed by atoms with Gasteiger partial charge in [0, 0.05) is 5.38 Å². The van der Waals surface area contributed by atoms with Crippen LogP contribution in [0.1, 0.15) is 51.5 Å². The molecule has 0 saturated heterocycles. The number of carbonyl (C=O) groups excluding carboxylic acids is 1. The number of esters is 1. The van der Waals surface area contributed by atoms with Crippen molar-refractivity contribution in [1.29, 1.82) is 0 Å². The summed E-state index contributed by atoms with van der Waals surface area (Å²) in [5, 5.41) is 20.0. The van der Waals surface area contributed by atoms with Crippen LogP contribution in [0.2, 0.25) is 0 Å². The lowest BCUT2D eigenvalue weighted by Crippen LogP contribution is -2.38. The average Bonchev–Trinajstić information content (AvgIpc) is 3.92. The first kappa shape index (κ1) is 34.7. The van der Waals surface area contributed by atoms with Crippen LogP contribution in [0.5, 0.6) is 0 Å². The summed E-state index contributed by atoms with van der Waals surface area (Å²) in [6, 6.07) is 51.6. The molecule has 262 valence electrons. The SMILES string of the molecule is O=C(O)/C(=N\OC(C(=O)OC(c1ccccc1)c1ccccc1)c1ccco1)c1csc(NC(c2ccccc2)(c2ccccc2)c2ccccc2)n1. The molecule has 2 aromatic heterocycles. The monoisotopic (exact) mass is 719 g/mol. The minimum Gasteiger partial charge on any atom is -0.476 e. The molecule has 0 aliphatic rings. The van der Waals surface area contributed by atoms with Crippen LogP contribution in [0.25, 0.3) is 0 Å². The predicted octanol–water partition coefficient (Wildman–Crippen LogP) is 9.02. The lowest BCUT2D eigenvalue weighted by molar-refractivity contribution is -0.163. The van der Waals surface area contributed by atoms with E-state index in [0.717, 1.165) is 27.8 Å². The Hall–Kier alpha value is -6.78. The minimum absolute atomic E-state index is 0.0334. The molecule has 0 aliphatic heterocycles. The summed E-state index contributed by atoms with van der Waals surface area (Å²) in [5.74, 6) is -2.15. The number of carboxylic acid groups (broad SMARTS) is 1. The average molecular weight is 720 g/mol. The summed E-state index contributed by atoms with van der Waals surface area (Å²) in [7, 11) is 0. The zero-order chi connectivity index (χ0) is 36.5. The number of benzene rings is 5. The lowest BCUT2D eigenvalue weighted by atomic mass is 9.77. The number of hydrogen-bond acceptors (Lipinski definition) is 9. The highest BCUT2D eigenvalue weighted by atomic mass is 32.1. The molecular formula is C43H33N3O6S. The molecule has 0 radical (unpaired) electrons. The summed E-state index contributed by atoms with van der Waals surface area (Å²) in [5.41, 5.74) is 2.96. The predicted molar refractivity (Wildman–Crippen MR) is 202 cm³/mol. The number of carbonyl (C=O) groups is 2. The van der Waals surface area contributed by atoms with Crippen molar-refractivity contribution in [3.63, 3.8) is 0 Å². The number of nitrogens with one attached hydrogen (secondary N) is 1. The van der Waals surface area contributed by atoms with E-state index in [2.05, 4.69) is 15.5 Å². The molecule has 0 spiro atoms. The zero-order valence-corrected chi connectivity index (χ0v) is 29.0. The Balaban J connectivity index is 1.21. The molecule has 0 aliphatic carbocycles. The number of aliphatic carboxylic acids is 1. The number of nitrogens with zero attached hydrogens (tertiary/aromatic N) is 2. The molecule has 0 amide bonds. The first-order valence-corrected chi connectivity index (χ1v) is 17.6. The highest BCUT2D eigenvalue weighted by Gasteiger charge is 2.38. The van der Waals surface area contributed by atoms with Gasteiger partial charge in [0.1, 0.15) is 11.2 Å². The van der Waals surface area contributed by atoms with Gasteiger partial charge in [0.15, 0.2) is 17.0 Å². The van der Waals surface area contributed by atoms with Crippen LogP contribution >= 0.6 is 11.3 Å². The van der Waals surface area contributed by atoms with E-state index in [0.29, 0.717) is 5.13 Å². The van der Waals surface area contributed by atoms with E-state index in [4.69, 9.17) is 14.0 Å². The Labute approximate surface area is 309 Å². The first-order chi connectivity index (χ1) is 26.0. The Morgan fingerprint density at radius 3 is 1.64 bits per heavy atom. The van der Waals surface area contributed by atoms with Crippen molar-refractivity contribution < 1.29 is 28.7 Å². The maximum atomic E-state index is 13.8. The number of thiazole rings is 1. The van der Waals surface area contributed by atoms with Crippen LogP contribution in [-0.4, -0.2) is 27.7 Å². The Kier molecular flexibility index (Phi) is 10.5. The number of anilines is 1. The van der Waals surface area contributed by atoms with E-state index in [1.807, 2.05) is 152 Å². The fourth-order valence-electron chi connectivity index (χ4n) is 6.10. The molecule has 7 rings (SSSR count). The van der Waals surface area contributed by atoms with Crippen LogP contribution < -0.4 is 5.32 Å². The quantitative estimate of drug-likeness (QED) is 0.0494. The number of carboxylic acids is 1. The van der Waals surface area contributed by atoms with Crippen molar-refractivity contribution in [3.8, 4) is 0 Å². The summed E-state index contributed by atoms with van der Waals surface area (Å²) in [6.07, 6.45) is -0.920. The number of hydrogen-bond donors (Lipinski definition) is 2. The molecule has 5 aromatic carbocycles. The van der Waals surface area contributed by atoms with Gasteiger partial charge in [0.25, 0.3) is 6.10 Å². The van der Waals surface area contributed by atoms with Crippen molar-refractivity contribution in [2.75, 3.05) is 5.32 Å². The van der Waals surface area contributed by atoms with Gasteiger partial charge >= 0.3 is 11.9 Å². The fraction of sp³-hybridized carbons (Fsp3) is 0.0698. The van der Waals surface area contributed by atoms with E-state index in [-0.39, 0.29) is 11.5 Å². The molecule has 2 heterocycles. The largest absolute Gasteiger partial charge is 0.476 e. The number of rotatable bonds is 14. The molecule has 1 atom stereocenters. The second-order valence-electron chi connectivity index (χ2n) is 11.9. The smallest absolute Gasteiger partial charge is 0.360 e. The van der Waals surface area contributed by atoms with Crippen molar-refractivity contribution >= 4 is 34.1 Å². The van der Waals surface area contributed by atoms with Crippen LogP contribution in [0.4, 0.5) is 5.13 Å². The summed E-state index contributed by atoms with van der Waals surface area (Å²) < 4.78 is 11.6. The van der Waals surface area contributed by atoms with Gasteiger partial charge in [0.05, 0.1) is 6.26 Å². The van der Waals surface area contributed by atoms with Crippen molar-refractivity contribution in [2.45, 2.75) is 17.7 Å². The maximum absolute atomic E-state index is 13.8. The van der Waals surface area contributed by atoms with Gasteiger partial charge in [-0.25, -0.2) is 14.6 Å². The van der Waals surface area contributed by atoms with Gasteiger partial charge in [0.2, 0.25) is 5.71 Å². The van der Waals surface area contributed by atoms with Gasteiger partial charge < -0.3 is 24.4 Å². The van der Waals surface area contributed by atoms with Crippen molar-refractivity contribution in [1.82, 2.24) is 4.98 Å². The number of ether oxygens (including phenoxy) is 1. The van der Waals surface area contributed by atoms with Gasteiger partial charge in [-0.2, -0.15) is 0 Å². The Bertz CT molecular complexity index is 2130. The minimum atomic E-state index is -1.52. The summed E-state index contributed by atoms with van der Waals surface area (Å²) >= 11 is 1.22. The first-order valence-electron chi connectivity index (χ1n) is 16.7. The third-order valence-electron chi connectivity index (χ3n) is 8.57. The van der Waals surface area contributed by atoms with E-state index in [1.54, 1.807) is 11.4 Å². The van der Waals surface area contributed by atoms with Gasteiger partial charge in [-0.05, 0) is 39.9 Å². The van der Waals surface area contributed by atoms with E-state index in [1.165, 1.54) is 23.7 Å². The normalized spacial score (nSPS) is 12.2. The van der Waals surface area contributed by atoms with Gasteiger partial charge in [-0.15, -0.1) is 11.3 Å². The lowest BCUT2D eigenvalue weighted by Gasteiger charge is -2.36. The molecular weight excluding hydrogens is 687 g/mol. The van der Waals surface area contributed by atoms with Gasteiger partial charge in [-0.1, -0.05) is 157 Å². The van der Waals surface area contributed by atoms with Crippen LogP contribution in [0.15, 0.2) is 185 Å². The van der Waals surface area contributed by atoms with Gasteiger partial charge in [-0.3, -0.25) is 0 Å². The molecule has 2 N–H and O–H groups in total. The molecule has 0 bridgehead atoms. The molecule has 10 heteroatoms. The zero-order valence-electron chi connectivity index (χ0n) is 28.2. The highest BCUT2D eigenvalue weighted by molar-refractivity contribution is 7.14. The number of aromatic nitrogens is 1. The molecule has 0 saturated carbocycles. The third kappa shape index (κ3) is 7.63. The van der Waals surface area contributed by atoms with Crippen LogP contribution in [-0.2, 0) is 24.7 Å². The number of oxime groups is 1. The van der Waals surface area contributed by atoms with Crippen LogP contribution in [0.3, 0.4) is 0 Å². The topological polar surface area (TPSA) is 123 Å². The van der Waals surface area contributed by atoms with E-state index >= 15 is 0 Å². The summed E-state index contributed by atoms with van der Waals surface area (Å²) in [4.78, 5) is 36.9. The van der Waals surface area contributed by atoms with Crippen molar-refractivity contribution in [3.05, 3.63) is 215 Å². The van der Waals surface area contributed by atoms with E-state index < -0.39 is 35.4 Å². The Morgan fingerprint density at radius 2 is 1.19 bits per heavy atom. The fourth-order valence-corrected chi connectivity index (χ4v) is 6.85. The molecule has 9 nitrogen and oxygen atoms in total.